The van der Waals surface area contributed by atoms with Gasteiger partial charge in [0.1, 0.15) is 17.1 Å². The number of oxazole rings is 1. The van der Waals surface area contributed by atoms with Gasteiger partial charge in [-0.15, -0.1) is 0 Å². The lowest BCUT2D eigenvalue weighted by Gasteiger charge is -2.19. The third kappa shape index (κ3) is 2.33. The Morgan fingerprint density at radius 1 is 1.28 bits per heavy atom. The molecule has 128 valence electrons. The Balaban J connectivity index is 2.13. The van der Waals surface area contributed by atoms with Crippen LogP contribution in [0, 0.1) is 5.82 Å². The number of phenolic OH excluding ortho intramolecular Hbond substituents is 1. The van der Waals surface area contributed by atoms with Crippen LogP contribution in [0.1, 0.15) is 19.4 Å². The number of aromatic hydroxyl groups is 1. The summed E-state index contributed by atoms with van der Waals surface area (Å²) in [6.07, 6.45) is 3.64. The summed E-state index contributed by atoms with van der Waals surface area (Å²) in [6, 6.07) is 5.74. The highest BCUT2D eigenvalue weighted by atomic mass is 19.1. The second-order valence-electron chi connectivity index (χ2n) is 6.21. The van der Waals surface area contributed by atoms with Gasteiger partial charge in [-0.2, -0.15) is 0 Å². The van der Waals surface area contributed by atoms with Crippen LogP contribution in [0.25, 0.3) is 28.4 Å². The van der Waals surface area contributed by atoms with E-state index in [1.54, 1.807) is 24.4 Å². The Labute approximate surface area is 142 Å². The van der Waals surface area contributed by atoms with Gasteiger partial charge >= 0.3 is 5.76 Å². The lowest BCUT2D eigenvalue weighted by molar-refractivity contribution is 0.242. The lowest BCUT2D eigenvalue weighted by Crippen LogP contribution is -2.11. The van der Waals surface area contributed by atoms with Crippen molar-refractivity contribution in [2.75, 3.05) is 0 Å². The molecule has 0 fully saturated rings. The number of halogens is 1. The van der Waals surface area contributed by atoms with E-state index in [0.717, 1.165) is 0 Å². The number of hydrogen-bond acceptors (Lipinski definition) is 4. The van der Waals surface area contributed by atoms with Crippen molar-refractivity contribution in [1.29, 1.82) is 0 Å². The number of nitrogens with zero attached hydrogens (tertiary/aromatic N) is 1. The molecular formula is C19H16FNO4. The molecule has 5 nitrogen and oxygen atoms in total. The number of aromatic nitrogens is 1. The molecule has 1 aliphatic rings. The Kier molecular flexibility index (Phi) is 3.42. The summed E-state index contributed by atoms with van der Waals surface area (Å²) < 4.78 is 26.0. The molecule has 3 aromatic rings. The van der Waals surface area contributed by atoms with E-state index >= 15 is 0 Å². The molecule has 0 saturated heterocycles. The molecule has 0 spiro atoms. The van der Waals surface area contributed by atoms with Gasteiger partial charge in [0.15, 0.2) is 11.3 Å². The van der Waals surface area contributed by atoms with Gasteiger partial charge in [-0.1, -0.05) is 18.2 Å². The number of rotatable bonds is 3. The summed E-state index contributed by atoms with van der Waals surface area (Å²) in [4.78, 5) is 12.2. The predicted octanol–water partition coefficient (Wildman–Crippen LogP) is 3.92. The molecule has 0 amide bonds. The van der Waals surface area contributed by atoms with Gasteiger partial charge in [0.25, 0.3) is 0 Å². The van der Waals surface area contributed by atoms with E-state index < -0.39 is 5.76 Å². The number of benzene rings is 2. The minimum absolute atomic E-state index is 0.00802. The summed E-state index contributed by atoms with van der Waals surface area (Å²) in [5, 5.41) is 10.9. The van der Waals surface area contributed by atoms with Crippen molar-refractivity contribution in [2.45, 2.75) is 26.4 Å². The van der Waals surface area contributed by atoms with Gasteiger partial charge in [0.05, 0.1) is 11.7 Å². The maximum absolute atomic E-state index is 13.3. The standard InChI is InChI=1S/C19H16FNO4/c1-10(2)24-17-14(11-5-7-12(20)8-6-11)16(22)13-4-3-9-21-15(13)18(17)25-19(21)23/h3,5-10,22H,4H2,1-2H3. The first kappa shape index (κ1) is 15.5. The van der Waals surface area contributed by atoms with Gasteiger partial charge in [-0.05, 0) is 38.0 Å². The topological polar surface area (TPSA) is 64.6 Å². The number of allylic oxidation sites excluding steroid dienone is 1. The second-order valence-corrected chi connectivity index (χ2v) is 6.21. The largest absolute Gasteiger partial charge is 0.507 e. The molecule has 0 radical (unpaired) electrons. The Bertz CT molecular complexity index is 1060. The van der Waals surface area contributed by atoms with Crippen molar-refractivity contribution in [1.82, 2.24) is 4.57 Å². The van der Waals surface area contributed by atoms with Crippen LogP contribution in [-0.4, -0.2) is 15.8 Å². The van der Waals surface area contributed by atoms with Crippen LogP contribution in [-0.2, 0) is 6.42 Å². The van der Waals surface area contributed by atoms with Crippen LogP contribution in [0.15, 0.2) is 39.6 Å². The van der Waals surface area contributed by atoms with Crippen LogP contribution in [0.3, 0.4) is 0 Å². The average Bonchev–Trinajstić information content (AvgIpc) is 2.92. The molecule has 0 unspecified atom stereocenters. The highest BCUT2D eigenvalue weighted by Gasteiger charge is 2.28. The molecule has 25 heavy (non-hydrogen) atoms. The fourth-order valence-corrected chi connectivity index (χ4v) is 3.14. The van der Waals surface area contributed by atoms with E-state index in [1.165, 1.54) is 16.7 Å². The number of hydrogen-bond donors (Lipinski definition) is 1. The minimum atomic E-state index is -0.545. The van der Waals surface area contributed by atoms with E-state index in [1.807, 2.05) is 13.8 Å². The van der Waals surface area contributed by atoms with Crippen molar-refractivity contribution in [3.8, 4) is 22.6 Å². The Morgan fingerprint density at radius 2 is 2.00 bits per heavy atom. The SMILES string of the molecule is CC(C)Oc1c(-c2ccc(F)cc2)c(O)c2c3c1oc(=O)n3C=CC2. The first-order chi connectivity index (χ1) is 12.0. The molecule has 0 bridgehead atoms. The van der Waals surface area contributed by atoms with Crippen LogP contribution in [0.5, 0.6) is 11.5 Å². The smallest absolute Gasteiger partial charge is 0.424 e. The van der Waals surface area contributed by atoms with Crippen molar-refractivity contribution in [2.24, 2.45) is 0 Å². The molecule has 1 aromatic heterocycles. The van der Waals surface area contributed by atoms with Gasteiger partial charge < -0.3 is 14.3 Å². The molecule has 0 aliphatic carbocycles. The zero-order valence-corrected chi connectivity index (χ0v) is 13.7. The van der Waals surface area contributed by atoms with Gasteiger partial charge in [0.2, 0.25) is 0 Å². The third-order valence-electron chi connectivity index (χ3n) is 4.15. The minimum Gasteiger partial charge on any atom is -0.507 e. The summed E-state index contributed by atoms with van der Waals surface area (Å²) in [5.41, 5.74) is 2.35. The molecular weight excluding hydrogens is 325 g/mol. The predicted molar refractivity (Wildman–Crippen MR) is 92.3 cm³/mol. The maximum atomic E-state index is 13.3. The summed E-state index contributed by atoms with van der Waals surface area (Å²) in [7, 11) is 0. The van der Waals surface area contributed by atoms with Crippen LogP contribution >= 0.6 is 0 Å². The summed E-state index contributed by atoms with van der Waals surface area (Å²) in [5.74, 6) is -0.633. The first-order valence-electron chi connectivity index (χ1n) is 7.99. The fourth-order valence-electron chi connectivity index (χ4n) is 3.14. The fraction of sp³-hybridized carbons (Fsp3) is 0.211. The molecule has 1 aliphatic heterocycles. The van der Waals surface area contributed by atoms with E-state index in [2.05, 4.69) is 0 Å². The summed E-state index contributed by atoms with van der Waals surface area (Å²) in [6.45, 7) is 3.68. The zero-order chi connectivity index (χ0) is 17.7. The van der Waals surface area contributed by atoms with Crippen molar-refractivity contribution in [3.63, 3.8) is 0 Å². The van der Waals surface area contributed by atoms with Crippen molar-refractivity contribution < 1.29 is 18.7 Å². The van der Waals surface area contributed by atoms with Gasteiger partial charge in [-0.25, -0.2) is 13.8 Å². The first-order valence-corrected chi connectivity index (χ1v) is 7.99. The van der Waals surface area contributed by atoms with E-state index in [-0.39, 0.29) is 29.0 Å². The molecule has 1 N–H and O–H groups in total. The summed E-state index contributed by atoms with van der Waals surface area (Å²) >= 11 is 0. The molecule has 2 aromatic carbocycles. The highest BCUT2D eigenvalue weighted by molar-refractivity contribution is 5.97. The van der Waals surface area contributed by atoms with Crippen LogP contribution in [0.2, 0.25) is 0 Å². The normalized spacial score (nSPS) is 13.0. The molecule has 0 atom stereocenters. The molecule has 2 heterocycles. The molecule has 4 rings (SSSR count). The highest BCUT2D eigenvalue weighted by Crippen LogP contribution is 2.47. The van der Waals surface area contributed by atoms with E-state index in [9.17, 15) is 14.3 Å². The molecule has 6 heteroatoms. The van der Waals surface area contributed by atoms with Crippen molar-refractivity contribution in [3.05, 3.63) is 52.3 Å². The third-order valence-corrected chi connectivity index (χ3v) is 4.15. The number of ether oxygens (including phenoxy) is 1. The second kappa shape index (κ2) is 5.51. The Morgan fingerprint density at radius 3 is 2.68 bits per heavy atom. The average molecular weight is 341 g/mol. The quantitative estimate of drug-likeness (QED) is 0.784. The maximum Gasteiger partial charge on any atom is 0.424 e. The van der Waals surface area contributed by atoms with Crippen LogP contribution in [0.4, 0.5) is 4.39 Å². The molecule has 0 saturated carbocycles. The van der Waals surface area contributed by atoms with Crippen LogP contribution < -0.4 is 10.5 Å². The lowest BCUT2D eigenvalue weighted by atomic mass is 9.96. The van der Waals surface area contributed by atoms with Crippen molar-refractivity contribution >= 4 is 17.3 Å². The van der Waals surface area contributed by atoms with Gasteiger partial charge in [-0.3, -0.25) is 0 Å². The Hall–Kier alpha value is -3.02. The van der Waals surface area contributed by atoms with E-state index in [0.29, 0.717) is 28.6 Å². The zero-order valence-electron chi connectivity index (χ0n) is 13.7. The van der Waals surface area contributed by atoms with Gasteiger partial charge in [0, 0.05) is 11.8 Å². The number of phenols is 1. The van der Waals surface area contributed by atoms with E-state index in [4.69, 9.17) is 9.15 Å². The monoisotopic (exact) mass is 341 g/mol.